The van der Waals surface area contributed by atoms with Crippen molar-refractivity contribution in [3.05, 3.63) is 42.0 Å². The van der Waals surface area contributed by atoms with E-state index in [1.165, 1.54) is 13.2 Å². The Morgan fingerprint density at radius 3 is 2.76 bits per heavy atom. The van der Waals surface area contributed by atoms with Gasteiger partial charge < -0.3 is 14.4 Å². The van der Waals surface area contributed by atoms with Crippen LogP contribution in [0.15, 0.2) is 30.6 Å². The largest absolute Gasteiger partial charge is 0.495 e. The Hall–Kier alpha value is -2.30. The molecule has 1 aromatic heterocycles. The minimum atomic E-state index is -0.975. The van der Waals surface area contributed by atoms with Gasteiger partial charge in [0, 0.05) is 12.4 Å². The molecule has 0 aliphatic rings. The zero-order valence-electron chi connectivity index (χ0n) is 9.54. The number of aromatic nitrogens is 2. The number of aryl methyl sites for hydroxylation is 1. The zero-order chi connectivity index (χ0) is 12.4. The van der Waals surface area contributed by atoms with Crippen molar-refractivity contribution in [3.8, 4) is 11.4 Å². The topological polar surface area (TPSA) is 64.3 Å². The third-order valence-corrected chi connectivity index (χ3v) is 2.51. The highest BCUT2D eigenvalue weighted by Crippen LogP contribution is 2.25. The average molecular weight is 232 g/mol. The molecule has 0 atom stereocenters. The molecular weight excluding hydrogens is 220 g/mol. The number of methoxy groups -OCH3 is 1. The SMILES string of the molecule is COc1cc(C(=O)O)ccc1-n1ccnc1C. The number of nitrogens with zero attached hydrogens (tertiary/aromatic N) is 2. The lowest BCUT2D eigenvalue weighted by atomic mass is 10.2. The fourth-order valence-electron chi connectivity index (χ4n) is 1.64. The minimum absolute atomic E-state index is 0.198. The van der Waals surface area contributed by atoms with Gasteiger partial charge in [0.2, 0.25) is 0 Å². The number of hydrogen-bond acceptors (Lipinski definition) is 3. The van der Waals surface area contributed by atoms with Crippen molar-refractivity contribution in [2.75, 3.05) is 7.11 Å². The van der Waals surface area contributed by atoms with Crippen molar-refractivity contribution < 1.29 is 14.6 Å². The van der Waals surface area contributed by atoms with Gasteiger partial charge in [-0.1, -0.05) is 0 Å². The summed E-state index contributed by atoms with van der Waals surface area (Å²) in [6.45, 7) is 1.87. The first-order valence-corrected chi connectivity index (χ1v) is 5.05. The van der Waals surface area contributed by atoms with E-state index in [1.807, 2.05) is 11.5 Å². The van der Waals surface area contributed by atoms with Crippen LogP contribution in [0.5, 0.6) is 5.75 Å². The molecule has 0 aliphatic carbocycles. The smallest absolute Gasteiger partial charge is 0.335 e. The monoisotopic (exact) mass is 232 g/mol. The predicted molar refractivity (Wildman–Crippen MR) is 61.8 cm³/mol. The molecule has 2 aromatic rings. The summed E-state index contributed by atoms with van der Waals surface area (Å²) in [6.07, 6.45) is 3.48. The molecule has 0 spiro atoms. The number of carboxylic acid groups (broad SMARTS) is 1. The van der Waals surface area contributed by atoms with Gasteiger partial charge in [-0.3, -0.25) is 0 Å². The lowest BCUT2D eigenvalue weighted by molar-refractivity contribution is 0.0696. The summed E-state index contributed by atoms with van der Waals surface area (Å²) < 4.78 is 7.04. The molecule has 1 heterocycles. The van der Waals surface area contributed by atoms with Crippen molar-refractivity contribution >= 4 is 5.97 Å². The minimum Gasteiger partial charge on any atom is -0.495 e. The lowest BCUT2D eigenvalue weighted by Crippen LogP contribution is -2.02. The molecule has 5 nitrogen and oxygen atoms in total. The molecule has 1 aromatic carbocycles. The highest BCUT2D eigenvalue weighted by atomic mass is 16.5. The number of benzene rings is 1. The van der Waals surface area contributed by atoms with Gasteiger partial charge in [-0.25, -0.2) is 9.78 Å². The van der Waals surface area contributed by atoms with Crippen molar-refractivity contribution in [3.63, 3.8) is 0 Å². The van der Waals surface area contributed by atoms with Crippen LogP contribution < -0.4 is 4.74 Å². The maximum Gasteiger partial charge on any atom is 0.335 e. The summed E-state index contributed by atoms with van der Waals surface area (Å²) in [7, 11) is 1.51. The Labute approximate surface area is 98.3 Å². The van der Waals surface area contributed by atoms with E-state index in [0.717, 1.165) is 11.5 Å². The summed E-state index contributed by atoms with van der Waals surface area (Å²) in [4.78, 5) is 15.0. The summed E-state index contributed by atoms with van der Waals surface area (Å²) in [6, 6.07) is 4.74. The normalized spacial score (nSPS) is 10.2. The van der Waals surface area contributed by atoms with Gasteiger partial charge in [0.05, 0.1) is 18.4 Å². The second-order valence-corrected chi connectivity index (χ2v) is 3.54. The molecule has 0 fully saturated rings. The number of aromatic carboxylic acids is 1. The highest BCUT2D eigenvalue weighted by Gasteiger charge is 2.11. The molecule has 0 amide bonds. The van der Waals surface area contributed by atoms with Gasteiger partial charge in [-0.05, 0) is 25.1 Å². The maximum absolute atomic E-state index is 10.9. The van der Waals surface area contributed by atoms with Gasteiger partial charge in [-0.15, -0.1) is 0 Å². The molecule has 0 radical (unpaired) electrons. The van der Waals surface area contributed by atoms with Gasteiger partial charge in [0.25, 0.3) is 0 Å². The van der Waals surface area contributed by atoms with Gasteiger partial charge in [-0.2, -0.15) is 0 Å². The Kier molecular flexibility index (Phi) is 2.82. The van der Waals surface area contributed by atoms with Gasteiger partial charge >= 0.3 is 5.97 Å². The van der Waals surface area contributed by atoms with Crippen LogP contribution in [0.3, 0.4) is 0 Å². The van der Waals surface area contributed by atoms with E-state index >= 15 is 0 Å². The standard InChI is InChI=1S/C12H12N2O3/c1-8-13-5-6-14(8)10-4-3-9(12(15)16)7-11(10)17-2/h3-7H,1-2H3,(H,15,16). The second-order valence-electron chi connectivity index (χ2n) is 3.54. The third kappa shape index (κ3) is 1.99. The fraction of sp³-hybridized carbons (Fsp3) is 0.167. The van der Waals surface area contributed by atoms with E-state index in [0.29, 0.717) is 5.75 Å². The third-order valence-electron chi connectivity index (χ3n) is 2.51. The molecule has 0 bridgehead atoms. The highest BCUT2D eigenvalue weighted by molar-refractivity contribution is 5.88. The van der Waals surface area contributed by atoms with Crippen LogP contribution in [-0.4, -0.2) is 27.7 Å². The van der Waals surface area contributed by atoms with Crippen molar-refractivity contribution in [1.82, 2.24) is 9.55 Å². The number of hydrogen-bond donors (Lipinski definition) is 1. The Bertz CT molecular complexity index is 561. The van der Waals surface area contributed by atoms with E-state index < -0.39 is 5.97 Å². The first kappa shape index (κ1) is 11.2. The van der Waals surface area contributed by atoms with Crippen LogP contribution >= 0.6 is 0 Å². The average Bonchev–Trinajstić information content (AvgIpc) is 2.74. The summed E-state index contributed by atoms with van der Waals surface area (Å²) >= 11 is 0. The van der Waals surface area contributed by atoms with Gasteiger partial charge in [0.15, 0.2) is 0 Å². The van der Waals surface area contributed by atoms with Crippen molar-refractivity contribution in [2.24, 2.45) is 0 Å². The van der Waals surface area contributed by atoms with Crippen LogP contribution in [-0.2, 0) is 0 Å². The summed E-state index contributed by atoms with van der Waals surface area (Å²) in [5, 5.41) is 8.91. The Morgan fingerprint density at radius 2 is 2.24 bits per heavy atom. The number of carbonyl (C=O) groups is 1. The van der Waals surface area contributed by atoms with E-state index in [4.69, 9.17) is 9.84 Å². The number of carboxylic acids is 1. The molecular formula is C12H12N2O3. The van der Waals surface area contributed by atoms with Crippen LogP contribution in [0.1, 0.15) is 16.2 Å². The zero-order valence-corrected chi connectivity index (χ0v) is 9.54. The number of imidazole rings is 1. The molecule has 0 saturated heterocycles. The van der Waals surface area contributed by atoms with Crippen LogP contribution in [0, 0.1) is 6.92 Å². The quantitative estimate of drug-likeness (QED) is 0.877. The van der Waals surface area contributed by atoms with Crippen LogP contribution in [0.25, 0.3) is 5.69 Å². The number of rotatable bonds is 3. The molecule has 5 heteroatoms. The van der Waals surface area contributed by atoms with E-state index in [9.17, 15) is 4.79 Å². The Morgan fingerprint density at radius 1 is 1.47 bits per heavy atom. The maximum atomic E-state index is 10.9. The van der Waals surface area contributed by atoms with E-state index in [-0.39, 0.29) is 5.56 Å². The molecule has 88 valence electrons. The molecule has 1 N–H and O–H groups in total. The summed E-state index contributed by atoms with van der Waals surface area (Å²) in [5.41, 5.74) is 0.968. The summed E-state index contributed by atoms with van der Waals surface area (Å²) in [5.74, 6) is 0.342. The molecule has 17 heavy (non-hydrogen) atoms. The van der Waals surface area contributed by atoms with E-state index in [2.05, 4.69) is 4.98 Å². The van der Waals surface area contributed by atoms with Crippen molar-refractivity contribution in [1.29, 1.82) is 0 Å². The number of ether oxygens (including phenoxy) is 1. The first-order valence-electron chi connectivity index (χ1n) is 5.05. The Balaban J connectivity index is 2.56. The lowest BCUT2D eigenvalue weighted by Gasteiger charge is -2.11. The molecule has 2 rings (SSSR count). The van der Waals surface area contributed by atoms with E-state index in [1.54, 1.807) is 24.5 Å². The van der Waals surface area contributed by atoms with Gasteiger partial charge in [0.1, 0.15) is 11.6 Å². The first-order chi connectivity index (χ1) is 8.13. The second kappa shape index (κ2) is 4.29. The van der Waals surface area contributed by atoms with Crippen molar-refractivity contribution in [2.45, 2.75) is 6.92 Å². The molecule has 0 unspecified atom stereocenters. The molecule has 0 aliphatic heterocycles. The molecule has 0 saturated carbocycles. The van der Waals surface area contributed by atoms with Crippen LogP contribution in [0.2, 0.25) is 0 Å². The predicted octanol–water partition coefficient (Wildman–Crippen LogP) is 1.89. The van der Waals surface area contributed by atoms with Crippen LogP contribution in [0.4, 0.5) is 0 Å². The fourth-order valence-corrected chi connectivity index (χ4v) is 1.64.